The Morgan fingerprint density at radius 3 is 2.20 bits per heavy atom. The summed E-state index contributed by atoms with van der Waals surface area (Å²) in [6.07, 6.45) is -4.44. The SMILES string of the molecule is Cc1ccc(-c2nc(C(=O)Nc3ccc(C(F)(F)F)cc3)c3ccccc3n2)cc1. The fraction of sp³-hybridized carbons (Fsp3) is 0.0870. The summed E-state index contributed by atoms with van der Waals surface area (Å²) >= 11 is 0. The zero-order valence-electron chi connectivity index (χ0n) is 15.9. The van der Waals surface area contributed by atoms with E-state index in [4.69, 9.17) is 0 Å². The minimum absolute atomic E-state index is 0.149. The van der Waals surface area contributed by atoms with Gasteiger partial charge in [-0.15, -0.1) is 0 Å². The van der Waals surface area contributed by atoms with Crippen LogP contribution >= 0.6 is 0 Å². The van der Waals surface area contributed by atoms with Crippen molar-refractivity contribution < 1.29 is 18.0 Å². The van der Waals surface area contributed by atoms with Gasteiger partial charge in [0.05, 0.1) is 11.1 Å². The second kappa shape index (κ2) is 7.59. The van der Waals surface area contributed by atoms with Gasteiger partial charge in [0.1, 0.15) is 5.69 Å². The lowest BCUT2D eigenvalue weighted by Crippen LogP contribution is -2.15. The molecule has 4 aromatic rings. The van der Waals surface area contributed by atoms with Crippen molar-refractivity contribution in [3.8, 4) is 11.4 Å². The molecule has 30 heavy (non-hydrogen) atoms. The van der Waals surface area contributed by atoms with Crippen LogP contribution in [0.1, 0.15) is 21.6 Å². The first-order valence-electron chi connectivity index (χ1n) is 9.14. The topological polar surface area (TPSA) is 54.9 Å². The summed E-state index contributed by atoms with van der Waals surface area (Å²) in [5.41, 5.74) is 2.05. The van der Waals surface area contributed by atoms with Crippen LogP contribution in [0, 0.1) is 6.92 Å². The molecule has 0 atom stereocenters. The van der Waals surface area contributed by atoms with Gasteiger partial charge in [-0.1, -0.05) is 48.0 Å². The number of amides is 1. The van der Waals surface area contributed by atoms with Gasteiger partial charge < -0.3 is 5.32 Å². The summed E-state index contributed by atoms with van der Waals surface area (Å²) in [5, 5.41) is 3.17. The van der Waals surface area contributed by atoms with E-state index in [-0.39, 0.29) is 11.4 Å². The van der Waals surface area contributed by atoms with Crippen LogP contribution < -0.4 is 5.32 Å². The van der Waals surface area contributed by atoms with Crippen LogP contribution in [0.2, 0.25) is 0 Å². The van der Waals surface area contributed by atoms with Crippen molar-refractivity contribution in [2.75, 3.05) is 5.32 Å². The van der Waals surface area contributed by atoms with Crippen molar-refractivity contribution >= 4 is 22.5 Å². The average molecular weight is 407 g/mol. The predicted molar refractivity (Wildman–Crippen MR) is 109 cm³/mol. The largest absolute Gasteiger partial charge is 0.416 e. The molecular formula is C23H16F3N3O. The van der Waals surface area contributed by atoms with E-state index in [1.165, 1.54) is 12.1 Å². The van der Waals surface area contributed by atoms with Crippen LogP contribution in [-0.4, -0.2) is 15.9 Å². The van der Waals surface area contributed by atoms with E-state index in [2.05, 4.69) is 15.3 Å². The molecule has 0 fully saturated rings. The Morgan fingerprint density at radius 2 is 1.53 bits per heavy atom. The van der Waals surface area contributed by atoms with Gasteiger partial charge in [-0.05, 0) is 37.3 Å². The molecule has 3 aromatic carbocycles. The molecule has 1 aromatic heterocycles. The summed E-state index contributed by atoms with van der Waals surface area (Å²) < 4.78 is 38.2. The molecule has 4 nitrogen and oxygen atoms in total. The Kier molecular flexibility index (Phi) is 4.95. The van der Waals surface area contributed by atoms with Crippen molar-refractivity contribution in [1.82, 2.24) is 9.97 Å². The number of halogens is 3. The van der Waals surface area contributed by atoms with Crippen molar-refractivity contribution in [1.29, 1.82) is 0 Å². The second-order valence-corrected chi connectivity index (χ2v) is 6.81. The minimum Gasteiger partial charge on any atom is -0.321 e. The van der Waals surface area contributed by atoms with Crippen LogP contribution in [0.15, 0.2) is 72.8 Å². The third kappa shape index (κ3) is 4.00. The summed E-state index contributed by atoms with van der Waals surface area (Å²) in [6, 6.07) is 19.0. The maximum atomic E-state index is 12.9. The highest BCUT2D eigenvalue weighted by atomic mass is 19.4. The highest BCUT2D eigenvalue weighted by Gasteiger charge is 2.30. The van der Waals surface area contributed by atoms with Gasteiger partial charge in [0.2, 0.25) is 0 Å². The highest BCUT2D eigenvalue weighted by Crippen LogP contribution is 2.30. The Morgan fingerprint density at radius 1 is 0.867 bits per heavy atom. The van der Waals surface area contributed by atoms with Crippen molar-refractivity contribution in [3.63, 3.8) is 0 Å². The first kappa shape index (κ1) is 19.6. The lowest BCUT2D eigenvalue weighted by molar-refractivity contribution is -0.137. The average Bonchev–Trinajstić information content (AvgIpc) is 2.73. The van der Waals surface area contributed by atoms with Crippen molar-refractivity contribution in [3.05, 3.63) is 89.6 Å². The molecule has 150 valence electrons. The summed E-state index contributed by atoms with van der Waals surface area (Å²) in [5.74, 6) is -0.131. The number of carbonyl (C=O) groups is 1. The number of nitrogens with one attached hydrogen (secondary N) is 1. The number of para-hydroxylation sites is 1. The smallest absolute Gasteiger partial charge is 0.321 e. The highest BCUT2D eigenvalue weighted by molar-refractivity contribution is 6.11. The molecule has 0 saturated heterocycles. The number of alkyl halides is 3. The summed E-state index contributed by atoms with van der Waals surface area (Å²) in [4.78, 5) is 21.9. The molecule has 0 unspecified atom stereocenters. The van der Waals surface area contributed by atoms with Crippen molar-refractivity contribution in [2.24, 2.45) is 0 Å². The fourth-order valence-corrected chi connectivity index (χ4v) is 3.01. The number of fused-ring (bicyclic) bond motifs is 1. The van der Waals surface area contributed by atoms with E-state index in [0.717, 1.165) is 23.3 Å². The van der Waals surface area contributed by atoms with Crippen LogP contribution in [0.4, 0.5) is 18.9 Å². The molecule has 7 heteroatoms. The molecule has 1 amide bonds. The van der Waals surface area contributed by atoms with Gasteiger partial charge in [-0.3, -0.25) is 4.79 Å². The molecule has 1 heterocycles. The fourth-order valence-electron chi connectivity index (χ4n) is 3.01. The Balaban J connectivity index is 1.71. The number of hydrogen-bond acceptors (Lipinski definition) is 3. The number of anilines is 1. The number of aromatic nitrogens is 2. The predicted octanol–water partition coefficient (Wildman–Crippen LogP) is 5.88. The van der Waals surface area contributed by atoms with Crippen LogP contribution in [-0.2, 0) is 6.18 Å². The molecule has 0 aliphatic rings. The van der Waals surface area contributed by atoms with Gasteiger partial charge >= 0.3 is 6.18 Å². The maximum absolute atomic E-state index is 12.9. The number of hydrogen-bond donors (Lipinski definition) is 1. The molecule has 4 rings (SSSR count). The number of carbonyl (C=O) groups excluding carboxylic acids is 1. The van der Waals surface area contributed by atoms with Crippen LogP contribution in [0.5, 0.6) is 0 Å². The summed E-state index contributed by atoms with van der Waals surface area (Å²) in [6.45, 7) is 1.97. The monoisotopic (exact) mass is 407 g/mol. The molecule has 0 radical (unpaired) electrons. The number of rotatable bonds is 3. The van der Waals surface area contributed by atoms with Gasteiger partial charge in [0.15, 0.2) is 5.82 Å². The molecule has 0 aliphatic carbocycles. The van der Waals surface area contributed by atoms with Gasteiger partial charge in [0.25, 0.3) is 5.91 Å². The van der Waals surface area contributed by atoms with E-state index in [0.29, 0.717) is 16.7 Å². The molecule has 1 N–H and O–H groups in total. The molecule has 0 aliphatic heterocycles. The standard InChI is InChI=1S/C23H16F3N3O/c1-14-6-8-15(9-7-14)21-28-19-5-3-2-4-18(19)20(29-21)22(30)27-17-12-10-16(11-13-17)23(24,25)26/h2-13H,1H3,(H,27,30). The van der Waals surface area contributed by atoms with E-state index in [9.17, 15) is 18.0 Å². The quantitative estimate of drug-likeness (QED) is 0.462. The first-order chi connectivity index (χ1) is 14.3. The van der Waals surface area contributed by atoms with E-state index < -0.39 is 17.6 Å². The number of aryl methyl sites for hydroxylation is 1. The molecule has 0 saturated carbocycles. The lowest BCUT2D eigenvalue weighted by Gasteiger charge is -2.11. The van der Waals surface area contributed by atoms with E-state index >= 15 is 0 Å². The summed E-state index contributed by atoms with van der Waals surface area (Å²) in [7, 11) is 0. The molecule has 0 spiro atoms. The minimum atomic E-state index is -4.44. The molecule has 0 bridgehead atoms. The van der Waals surface area contributed by atoms with E-state index in [1.54, 1.807) is 18.2 Å². The first-order valence-corrected chi connectivity index (χ1v) is 9.14. The van der Waals surface area contributed by atoms with Gasteiger partial charge in [-0.25, -0.2) is 9.97 Å². The Hall–Kier alpha value is -3.74. The Bertz CT molecular complexity index is 1220. The zero-order chi connectivity index (χ0) is 21.3. The van der Waals surface area contributed by atoms with Crippen LogP contribution in [0.25, 0.3) is 22.3 Å². The van der Waals surface area contributed by atoms with Crippen molar-refractivity contribution in [2.45, 2.75) is 13.1 Å². The second-order valence-electron chi connectivity index (χ2n) is 6.81. The maximum Gasteiger partial charge on any atom is 0.416 e. The third-order valence-corrected chi connectivity index (χ3v) is 4.60. The zero-order valence-corrected chi connectivity index (χ0v) is 15.9. The number of nitrogens with zero attached hydrogens (tertiary/aromatic N) is 2. The van der Waals surface area contributed by atoms with Crippen LogP contribution in [0.3, 0.4) is 0 Å². The van der Waals surface area contributed by atoms with Gasteiger partial charge in [0, 0.05) is 16.6 Å². The number of benzene rings is 3. The Labute approximate surface area is 170 Å². The third-order valence-electron chi connectivity index (χ3n) is 4.60. The normalized spacial score (nSPS) is 11.5. The lowest BCUT2D eigenvalue weighted by atomic mass is 10.1. The van der Waals surface area contributed by atoms with Gasteiger partial charge in [-0.2, -0.15) is 13.2 Å². The van der Waals surface area contributed by atoms with E-state index in [1.807, 2.05) is 37.3 Å². The molecular weight excluding hydrogens is 391 g/mol.